The molecule has 0 saturated heterocycles. The average Bonchev–Trinajstić information content (AvgIpc) is 2.20. The number of halogens is 2. The number of rotatable bonds is 5. The molecule has 0 aliphatic rings. The third kappa shape index (κ3) is 3.96. The number of hydrogen-bond donors (Lipinski definition) is 0. The summed E-state index contributed by atoms with van der Waals surface area (Å²) in [5, 5.41) is 11.1. The zero-order valence-corrected chi connectivity index (χ0v) is 11.8. The quantitative estimate of drug-likeness (QED) is 0.347. The zero-order chi connectivity index (χ0) is 12.1. The molecule has 1 aromatic rings. The van der Waals surface area contributed by atoms with Crippen LogP contribution in [-0.4, -0.2) is 16.1 Å². The molecule has 0 aromatic heterocycles. The van der Waals surface area contributed by atoms with Gasteiger partial charge in [-0.15, -0.1) is 23.4 Å². The van der Waals surface area contributed by atoms with Gasteiger partial charge in [0.2, 0.25) is 0 Å². The maximum atomic E-state index is 10.9. The van der Waals surface area contributed by atoms with E-state index in [-0.39, 0.29) is 15.9 Å². The van der Waals surface area contributed by atoms with Crippen LogP contribution in [0, 0.1) is 10.1 Å². The molecule has 1 aromatic carbocycles. The minimum atomic E-state index is -0.361. The highest BCUT2D eigenvalue weighted by Crippen LogP contribution is 2.35. The summed E-state index contributed by atoms with van der Waals surface area (Å²) >= 11 is 10.3. The van der Waals surface area contributed by atoms with E-state index in [2.05, 4.69) is 15.9 Å². The molecule has 1 unspecified atom stereocenters. The zero-order valence-electron chi connectivity index (χ0n) is 8.65. The molecule has 88 valence electrons. The van der Waals surface area contributed by atoms with Gasteiger partial charge in [0.25, 0.3) is 5.69 Å². The van der Waals surface area contributed by atoms with E-state index in [1.54, 1.807) is 6.07 Å². The molecule has 0 aliphatic carbocycles. The summed E-state index contributed by atoms with van der Waals surface area (Å²) in [6.07, 6.45) is 0.833. The van der Waals surface area contributed by atoms with Crippen LogP contribution in [0.15, 0.2) is 27.6 Å². The van der Waals surface area contributed by atoms with Crippen molar-refractivity contribution in [3.05, 3.63) is 32.8 Å². The van der Waals surface area contributed by atoms with Gasteiger partial charge >= 0.3 is 0 Å². The van der Waals surface area contributed by atoms with Crippen LogP contribution in [0.4, 0.5) is 5.69 Å². The Morgan fingerprint density at radius 1 is 1.62 bits per heavy atom. The summed E-state index contributed by atoms with van der Waals surface area (Å²) in [5.41, 5.74) is 0.140. The van der Waals surface area contributed by atoms with E-state index in [1.165, 1.54) is 17.8 Å². The Hall–Kier alpha value is -0.260. The first kappa shape index (κ1) is 13.8. The van der Waals surface area contributed by atoms with E-state index in [9.17, 15) is 10.1 Å². The van der Waals surface area contributed by atoms with E-state index >= 15 is 0 Å². The van der Waals surface area contributed by atoms with Gasteiger partial charge < -0.3 is 0 Å². The van der Waals surface area contributed by atoms with E-state index < -0.39 is 0 Å². The summed E-state index contributed by atoms with van der Waals surface area (Å²) in [4.78, 5) is 11.2. The van der Waals surface area contributed by atoms with E-state index in [1.807, 2.05) is 13.0 Å². The molecule has 0 bridgehead atoms. The summed E-state index contributed by atoms with van der Waals surface area (Å²) in [5.74, 6) is 0.568. The van der Waals surface area contributed by atoms with Crippen molar-refractivity contribution < 1.29 is 4.92 Å². The fraction of sp³-hybridized carbons (Fsp3) is 0.400. The van der Waals surface area contributed by atoms with Crippen molar-refractivity contribution in [2.75, 3.05) is 5.88 Å². The molecule has 0 aliphatic heterocycles. The fourth-order valence-corrected chi connectivity index (χ4v) is 3.04. The second-order valence-corrected chi connectivity index (χ2v) is 6.05. The Labute approximate surface area is 112 Å². The Morgan fingerprint density at radius 2 is 2.31 bits per heavy atom. The van der Waals surface area contributed by atoms with E-state index in [0.717, 1.165) is 6.42 Å². The second-order valence-electron chi connectivity index (χ2n) is 3.28. The third-order valence-electron chi connectivity index (χ3n) is 1.96. The lowest BCUT2D eigenvalue weighted by atomic mass is 10.3. The molecule has 0 fully saturated rings. The maximum Gasteiger partial charge on any atom is 0.284 e. The molecule has 6 heteroatoms. The van der Waals surface area contributed by atoms with Gasteiger partial charge in [-0.1, -0.05) is 22.9 Å². The molecular formula is C10H11BrClNO2S. The van der Waals surface area contributed by atoms with Crippen molar-refractivity contribution in [1.82, 2.24) is 0 Å². The topological polar surface area (TPSA) is 43.1 Å². The lowest BCUT2D eigenvalue weighted by molar-refractivity contribution is -0.387. The van der Waals surface area contributed by atoms with Gasteiger partial charge in [0.1, 0.15) is 0 Å². The molecule has 16 heavy (non-hydrogen) atoms. The monoisotopic (exact) mass is 323 g/mol. The Morgan fingerprint density at radius 3 is 2.88 bits per heavy atom. The van der Waals surface area contributed by atoms with Crippen LogP contribution in [-0.2, 0) is 0 Å². The van der Waals surface area contributed by atoms with Crippen LogP contribution in [0.25, 0.3) is 0 Å². The number of thioether (sulfide) groups is 1. The lowest BCUT2D eigenvalue weighted by Crippen LogP contribution is -1.98. The molecule has 0 spiro atoms. The van der Waals surface area contributed by atoms with Gasteiger partial charge in [0.05, 0.1) is 9.82 Å². The van der Waals surface area contributed by atoms with Crippen LogP contribution in [0.5, 0.6) is 0 Å². The number of nitrogens with zero attached hydrogens (tertiary/aromatic N) is 1. The molecule has 1 atom stereocenters. The van der Waals surface area contributed by atoms with Crippen molar-refractivity contribution in [1.29, 1.82) is 0 Å². The molecule has 0 amide bonds. The average molecular weight is 325 g/mol. The number of alkyl halides is 1. The van der Waals surface area contributed by atoms with Gasteiger partial charge in [0.15, 0.2) is 0 Å². The SMILES string of the molecule is CC(CCCl)Sc1ccc(Br)cc1[N+](=O)[O-]. The Kier molecular flexibility index (Phi) is 5.58. The van der Waals surface area contributed by atoms with Gasteiger partial charge in [-0.05, 0) is 18.6 Å². The van der Waals surface area contributed by atoms with E-state index in [0.29, 0.717) is 15.2 Å². The van der Waals surface area contributed by atoms with Crippen molar-refractivity contribution in [3.8, 4) is 0 Å². The number of hydrogen-bond acceptors (Lipinski definition) is 3. The summed E-state index contributed by atoms with van der Waals surface area (Å²) < 4.78 is 0.716. The number of benzene rings is 1. The first-order valence-electron chi connectivity index (χ1n) is 4.71. The van der Waals surface area contributed by atoms with Gasteiger partial charge in [-0.3, -0.25) is 10.1 Å². The van der Waals surface area contributed by atoms with Crippen molar-refractivity contribution >= 4 is 45.0 Å². The van der Waals surface area contributed by atoms with Crippen LogP contribution in [0.1, 0.15) is 13.3 Å². The summed E-state index contributed by atoms with van der Waals surface area (Å²) in [6, 6.07) is 5.09. The van der Waals surface area contributed by atoms with Gasteiger partial charge in [0, 0.05) is 21.7 Å². The maximum absolute atomic E-state index is 10.9. The molecule has 3 nitrogen and oxygen atoms in total. The summed E-state index contributed by atoms with van der Waals surface area (Å²) in [7, 11) is 0. The minimum Gasteiger partial charge on any atom is -0.258 e. The highest BCUT2D eigenvalue weighted by molar-refractivity contribution is 9.10. The molecule has 0 saturated carbocycles. The molecule has 0 heterocycles. The van der Waals surface area contributed by atoms with Crippen LogP contribution < -0.4 is 0 Å². The highest BCUT2D eigenvalue weighted by atomic mass is 79.9. The molecule has 1 rings (SSSR count). The van der Waals surface area contributed by atoms with Crippen LogP contribution in [0.3, 0.4) is 0 Å². The van der Waals surface area contributed by atoms with Crippen molar-refractivity contribution in [2.24, 2.45) is 0 Å². The lowest BCUT2D eigenvalue weighted by Gasteiger charge is -2.09. The van der Waals surface area contributed by atoms with Gasteiger partial charge in [-0.25, -0.2) is 0 Å². The predicted molar refractivity (Wildman–Crippen MR) is 71.5 cm³/mol. The molecule has 0 N–H and O–H groups in total. The summed E-state index contributed by atoms with van der Waals surface area (Å²) in [6.45, 7) is 2.01. The Balaban J connectivity index is 2.90. The Bertz CT molecular complexity index is 389. The first-order valence-corrected chi connectivity index (χ1v) is 6.92. The number of nitro benzene ring substituents is 1. The van der Waals surface area contributed by atoms with Crippen molar-refractivity contribution in [3.63, 3.8) is 0 Å². The second kappa shape index (κ2) is 6.47. The van der Waals surface area contributed by atoms with Gasteiger partial charge in [-0.2, -0.15) is 0 Å². The molecular weight excluding hydrogens is 314 g/mol. The largest absolute Gasteiger partial charge is 0.284 e. The van der Waals surface area contributed by atoms with Crippen LogP contribution in [0.2, 0.25) is 0 Å². The van der Waals surface area contributed by atoms with Crippen molar-refractivity contribution in [2.45, 2.75) is 23.5 Å². The van der Waals surface area contributed by atoms with E-state index in [4.69, 9.17) is 11.6 Å². The highest BCUT2D eigenvalue weighted by Gasteiger charge is 2.16. The smallest absolute Gasteiger partial charge is 0.258 e. The first-order chi connectivity index (χ1) is 7.54. The standard InChI is InChI=1S/C10H11BrClNO2S/c1-7(4-5-12)16-10-3-2-8(11)6-9(10)13(14)15/h2-3,6-7H,4-5H2,1H3. The predicted octanol–water partition coefficient (Wildman–Crippen LogP) is 4.47. The van der Waals surface area contributed by atoms with Crippen LogP contribution >= 0.6 is 39.3 Å². The third-order valence-corrected chi connectivity index (χ3v) is 3.91. The number of nitro groups is 1. The normalized spacial score (nSPS) is 12.4. The molecule has 0 radical (unpaired) electrons. The fourth-order valence-electron chi connectivity index (χ4n) is 1.16. The minimum absolute atomic E-state index is 0.140.